The summed E-state index contributed by atoms with van der Waals surface area (Å²) in [7, 11) is 0. The number of aromatic nitrogens is 2. The van der Waals surface area contributed by atoms with Crippen LogP contribution in [0.25, 0.3) is 21.3 Å². The fourth-order valence-corrected chi connectivity index (χ4v) is 5.38. The molecule has 168 valence electrons. The number of piperazine rings is 1. The van der Waals surface area contributed by atoms with Crippen LogP contribution < -0.4 is 5.73 Å². The molecule has 1 unspecified atom stereocenters. The van der Waals surface area contributed by atoms with Crippen LogP contribution in [0, 0.1) is 0 Å². The van der Waals surface area contributed by atoms with Gasteiger partial charge in [-0.25, -0.2) is 9.97 Å². The van der Waals surface area contributed by atoms with Gasteiger partial charge in [0, 0.05) is 43.0 Å². The number of rotatable bonds is 6. The van der Waals surface area contributed by atoms with Crippen LogP contribution in [0.1, 0.15) is 11.1 Å². The maximum Gasteiger partial charge on any atom is 0.138 e. The van der Waals surface area contributed by atoms with Crippen LogP contribution >= 0.6 is 22.9 Å². The van der Waals surface area contributed by atoms with Gasteiger partial charge >= 0.3 is 0 Å². The molecule has 1 aliphatic heterocycles. The third-order valence-corrected chi connectivity index (χ3v) is 7.39. The van der Waals surface area contributed by atoms with Crippen LogP contribution in [-0.4, -0.2) is 51.7 Å². The molecule has 33 heavy (non-hydrogen) atoms. The lowest BCUT2D eigenvalue weighted by Gasteiger charge is -2.39. The van der Waals surface area contributed by atoms with Crippen molar-refractivity contribution in [2.45, 2.75) is 19.1 Å². The fourth-order valence-electron chi connectivity index (χ4n) is 4.33. The molecule has 2 aromatic carbocycles. The topological polar surface area (TPSA) is 75.3 Å². The molecule has 1 atom stereocenters. The second-order valence-corrected chi connectivity index (χ2v) is 10.0. The number of halogens is 1. The Kier molecular flexibility index (Phi) is 6.37. The minimum absolute atomic E-state index is 0.141. The Hall–Kier alpha value is -2.84. The Morgan fingerprint density at radius 3 is 2.61 bits per heavy atom. The number of anilines is 1. The lowest BCUT2D eigenvalue weighted by atomic mass is 10.1. The summed E-state index contributed by atoms with van der Waals surface area (Å²) < 4.78 is 0.799. The van der Waals surface area contributed by atoms with E-state index in [4.69, 9.17) is 17.3 Å². The number of carbonyl (C=O) groups is 1. The molecule has 0 spiro atoms. The highest BCUT2D eigenvalue weighted by Gasteiger charge is 2.26. The minimum atomic E-state index is -0.141. The average Bonchev–Trinajstić information content (AvgIpc) is 3.27. The van der Waals surface area contributed by atoms with Gasteiger partial charge in [0.15, 0.2) is 0 Å². The van der Waals surface area contributed by atoms with Gasteiger partial charge in [-0.15, -0.1) is 11.3 Å². The van der Waals surface area contributed by atoms with Crippen LogP contribution in [0.3, 0.4) is 0 Å². The standard InChI is InChI=1S/C25H24ClN5OS/c26-24-8-7-23(33-24)19-4-1-17(2-5-19)12-30-9-10-31(20(14-30)15-32)13-18-3-6-21-22(11-18)28-16-29-25(21)27/h1-8,11,15-16,20H,9-10,12-14H2,(H2,27,28,29). The molecule has 4 aromatic rings. The highest BCUT2D eigenvalue weighted by Crippen LogP contribution is 2.31. The molecular weight excluding hydrogens is 454 g/mol. The Labute approximate surface area is 201 Å². The highest BCUT2D eigenvalue weighted by molar-refractivity contribution is 7.19. The Balaban J connectivity index is 1.22. The maximum absolute atomic E-state index is 11.9. The molecule has 0 aliphatic carbocycles. The number of thiophene rings is 1. The number of aldehydes is 1. The fraction of sp³-hybridized carbons (Fsp3) is 0.240. The lowest BCUT2D eigenvalue weighted by molar-refractivity contribution is -0.115. The number of hydrogen-bond donors (Lipinski definition) is 1. The van der Waals surface area contributed by atoms with E-state index in [-0.39, 0.29) is 6.04 Å². The van der Waals surface area contributed by atoms with Crippen molar-refractivity contribution in [3.63, 3.8) is 0 Å². The predicted octanol–water partition coefficient (Wildman–Crippen LogP) is 4.48. The van der Waals surface area contributed by atoms with E-state index in [1.807, 2.05) is 30.3 Å². The zero-order valence-corrected chi connectivity index (χ0v) is 19.6. The number of nitrogen functional groups attached to an aromatic ring is 1. The Morgan fingerprint density at radius 1 is 1.03 bits per heavy atom. The first-order valence-corrected chi connectivity index (χ1v) is 12.0. The zero-order chi connectivity index (χ0) is 22.8. The van der Waals surface area contributed by atoms with E-state index in [1.54, 1.807) is 11.3 Å². The number of carbonyl (C=O) groups excluding carboxylic acids is 1. The van der Waals surface area contributed by atoms with Gasteiger partial charge in [0.2, 0.25) is 0 Å². The van der Waals surface area contributed by atoms with Crippen molar-refractivity contribution < 1.29 is 4.79 Å². The van der Waals surface area contributed by atoms with E-state index >= 15 is 0 Å². The van der Waals surface area contributed by atoms with Gasteiger partial charge in [0.1, 0.15) is 18.4 Å². The summed E-state index contributed by atoms with van der Waals surface area (Å²) in [6, 6.07) is 18.5. The van der Waals surface area contributed by atoms with Crippen molar-refractivity contribution in [2.24, 2.45) is 0 Å². The molecule has 0 amide bonds. The van der Waals surface area contributed by atoms with Crippen LogP contribution in [-0.2, 0) is 17.9 Å². The van der Waals surface area contributed by atoms with Crippen molar-refractivity contribution in [3.8, 4) is 10.4 Å². The first-order chi connectivity index (χ1) is 16.1. The molecule has 2 N–H and O–H groups in total. The number of benzene rings is 2. The molecule has 8 heteroatoms. The smallest absolute Gasteiger partial charge is 0.138 e. The van der Waals surface area contributed by atoms with Gasteiger partial charge in [-0.05, 0) is 41.0 Å². The van der Waals surface area contributed by atoms with Crippen molar-refractivity contribution in [2.75, 3.05) is 25.4 Å². The second-order valence-electron chi connectivity index (χ2n) is 8.32. The van der Waals surface area contributed by atoms with Gasteiger partial charge in [-0.2, -0.15) is 0 Å². The molecule has 1 saturated heterocycles. The van der Waals surface area contributed by atoms with Crippen molar-refractivity contribution in [1.29, 1.82) is 0 Å². The van der Waals surface area contributed by atoms with Gasteiger partial charge in [-0.3, -0.25) is 9.80 Å². The first kappa shape index (κ1) is 22.0. The van der Waals surface area contributed by atoms with Crippen LogP contribution in [0.4, 0.5) is 5.82 Å². The molecule has 2 aromatic heterocycles. The third-order valence-electron chi connectivity index (χ3n) is 6.11. The largest absolute Gasteiger partial charge is 0.383 e. The Bertz CT molecular complexity index is 1280. The van der Waals surface area contributed by atoms with E-state index in [0.717, 1.165) is 46.7 Å². The van der Waals surface area contributed by atoms with Gasteiger partial charge in [0.25, 0.3) is 0 Å². The number of hydrogen-bond acceptors (Lipinski definition) is 7. The first-order valence-electron chi connectivity index (χ1n) is 10.8. The van der Waals surface area contributed by atoms with E-state index in [2.05, 4.69) is 44.0 Å². The van der Waals surface area contributed by atoms with Gasteiger partial charge in [0.05, 0.1) is 15.9 Å². The summed E-state index contributed by atoms with van der Waals surface area (Å²) in [4.78, 5) is 26.0. The minimum Gasteiger partial charge on any atom is -0.383 e. The molecule has 0 saturated carbocycles. The normalized spacial score (nSPS) is 17.4. The number of nitrogens with zero attached hydrogens (tertiary/aromatic N) is 4. The van der Waals surface area contributed by atoms with Gasteiger partial charge in [-0.1, -0.05) is 41.9 Å². The monoisotopic (exact) mass is 477 g/mol. The summed E-state index contributed by atoms with van der Waals surface area (Å²) in [5.74, 6) is 0.484. The SMILES string of the molecule is Nc1ncnc2cc(CN3CCN(Cc4ccc(-c5ccc(Cl)s5)cc4)CC3C=O)ccc12. The quantitative estimate of drug-likeness (QED) is 0.413. The summed E-state index contributed by atoms with van der Waals surface area (Å²) in [6.45, 7) is 3.99. The molecule has 1 aliphatic rings. The summed E-state index contributed by atoms with van der Waals surface area (Å²) >= 11 is 7.65. The van der Waals surface area contributed by atoms with Crippen molar-refractivity contribution >= 4 is 45.9 Å². The molecule has 6 nitrogen and oxygen atoms in total. The molecular formula is C25H24ClN5OS. The van der Waals surface area contributed by atoms with Crippen molar-refractivity contribution in [1.82, 2.24) is 19.8 Å². The molecule has 3 heterocycles. The van der Waals surface area contributed by atoms with Crippen LogP contribution in [0.2, 0.25) is 4.34 Å². The van der Waals surface area contributed by atoms with E-state index in [9.17, 15) is 4.79 Å². The molecule has 5 rings (SSSR count). The predicted molar refractivity (Wildman–Crippen MR) is 134 cm³/mol. The second kappa shape index (κ2) is 9.57. The summed E-state index contributed by atoms with van der Waals surface area (Å²) in [5.41, 5.74) is 10.3. The highest BCUT2D eigenvalue weighted by atomic mass is 35.5. The van der Waals surface area contributed by atoms with E-state index in [0.29, 0.717) is 18.9 Å². The molecule has 1 fully saturated rings. The van der Waals surface area contributed by atoms with Gasteiger partial charge < -0.3 is 10.5 Å². The Morgan fingerprint density at radius 2 is 1.85 bits per heavy atom. The third kappa shape index (κ3) is 4.91. The van der Waals surface area contributed by atoms with Crippen LogP contribution in [0.15, 0.2) is 60.9 Å². The lowest BCUT2D eigenvalue weighted by Crippen LogP contribution is -2.53. The van der Waals surface area contributed by atoms with Crippen LogP contribution in [0.5, 0.6) is 0 Å². The van der Waals surface area contributed by atoms with Crippen molar-refractivity contribution in [3.05, 3.63) is 76.4 Å². The number of nitrogens with two attached hydrogens (primary N) is 1. The summed E-state index contributed by atoms with van der Waals surface area (Å²) in [5, 5.41) is 0.853. The van der Waals surface area contributed by atoms with E-state index in [1.165, 1.54) is 22.3 Å². The average molecular weight is 478 g/mol. The maximum atomic E-state index is 11.9. The van der Waals surface area contributed by atoms with E-state index < -0.39 is 0 Å². The summed E-state index contributed by atoms with van der Waals surface area (Å²) in [6.07, 6.45) is 2.55. The number of fused-ring (bicyclic) bond motifs is 1. The zero-order valence-electron chi connectivity index (χ0n) is 18.0. The molecule has 0 radical (unpaired) electrons. The molecule has 0 bridgehead atoms.